The summed E-state index contributed by atoms with van der Waals surface area (Å²) in [5, 5.41) is 9.08. The van der Waals surface area contributed by atoms with Gasteiger partial charge in [0, 0.05) is 30.5 Å². The first-order valence-corrected chi connectivity index (χ1v) is 10.9. The van der Waals surface area contributed by atoms with Crippen molar-refractivity contribution in [3.05, 3.63) is 33.3 Å². The van der Waals surface area contributed by atoms with Crippen LogP contribution in [0.4, 0.5) is 0 Å². The smallest absolute Gasteiger partial charge is 0.156 e. The highest BCUT2D eigenvalue weighted by molar-refractivity contribution is 6.44. The molecule has 1 atom stereocenters. The second-order valence-corrected chi connectivity index (χ2v) is 8.95. The zero-order chi connectivity index (χ0) is 19.9. The average Bonchev–Trinajstić information content (AvgIpc) is 3.30. The Morgan fingerprint density at radius 2 is 2.04 bits per heavy atom. The lowest BCUT2D eigenvalue weighted by atomic mass is 9.70. The highest BCUT2D eigenvalue weighted by atomic mass is 35.5. The maximum atomic E-state index is 12.1. The van der Waals surface area contributed by atoms with Crippen LogP contribution in [-0.2, 0) is 11.2 Å². The van der Waals surface area contributed by atoms with Crippen LogP contribution in [0.1, 0.15) is 56.6 Å². The standard InChI is InChI=1S/C22H26Cl2N2O2/c1-2-6-22-7-5-15(27)11-16(22)19-14(12-22)10-17(20(23)21(19)24)28-13-18(25)26-8-3-4-9-26/h10-11,25H,2-9,12-13H2,1H3. The summed E-state index contributed by atoms with van der Waals surface area (Å²) in [6, 6.07) is 1.97. The van der Waals surface area contributed by atoms with E-state index in [9.17, 15) is 4.79 Å². The number of benzene rings is 1. The fourth-order valence-corrected chi connectivity index (χ4v) is 5.53. The fourth-order valence-electron chi connectivity index (χ4n) is 5.01. The number of allylic oxidation sites excluding steroid dienone is 2. The predicted octanol–water partition coefficient (Wildman–Crippen LogP) is 5.53. The number of hydrogen-bond donors (Lipinski definition) is 1. The molecule has 4 rings (SSSR count). The van der Waals surface area contributed by atoms with Crippen LogP contribution in [0, 0.1) is 10.8 Å². The minimum absolute atomic E-state index is 0.0150. The molecule has 1 N–H and O–H groups in total. The van der Waals surface area contributed by atoms with Crippen LogP contribution < -0.4 is 4.74 Å². The van der Waals surface area contributed by atoms with Crippen molar-refractivity contribution in [1.29, 1.82) is 5.41 Å². The second kappa shape index (κ2) is 7.72. The van der Waals surface area contributed by atoms with Crippen molar-refractivity contribution >= 4 is 40.4 Å². The molecular weight excluding hydrogens is 395 g/mol. The molecule has 1 aromatic carbocycles. The lowest BCUT2D eigenvalue weighted by Crippen LogP contribution is -2.31. The van der Waals surface area contributed by atoms with E-state index < -0.39 is 0 Å². The van der Waals surface area contributed by atoms with Crippen LogP contribution in [0.3, 0.4) is 0 Å². The largest absolute Gasteiger partial charge is 0.484 e. The molecule has 1 aromatic rings. The van der Waals surface area contributed by atoms with Crippen LogP contribution in [-0.4, -0.2) is 36.2 Å². The first-order chi connectivity index (χ1) is 13.4. The van der Waals surface area contributed by atoms with E-state index >= 15 is 0 Å². The Morgan fingerprint density at radius 1 is 1.29 bits per heavy atom. The summed E-state index contributed by atoms with van der Waals surface area (Å²) >= 11 is 13.2. The lowest BCUT2D eigenvalue weighted by molar-refractivity contribution is -0.115. The van der Waals surface area contributed by atoms with E-state index in [4.69, 9.17) is 33.3 Å². The van der Waals surface area contributed by atoms with Gasteiger partial charge in [0.2, 0.25) is 0 Å². The second-order valence-electron chi connectivity index (χ2n) is 8.20. The first-order valence-electron chi connectivity index (χ1n) is 10.2. The molecule has 2 aliphatic carbocycles. The normalized spacial score (nSPS) is 23.5. The third-order valence-corrected chi connectivity index (χ3v) is 7.21. The molecule has 150 valence electrons. The monoisotopic (exact) mass is 420 g/mol. The molecule has 1 aliphatic heterocycles. The number of likely N-dealkylation sites (tertiary alicyclic amines) is 1. The molecule has 0 aromatic heterocycles. The highest BCUT2D eigenvalue weighted by Crippen LogP contribution is 2.58. The van der Waals surface area contributed by atoms with Crippen molar-refractivity contribution in [3.63, 3.8) is 0 Å². The number of carbonyl (C=O) groups excluding carboxylic acids is 1. The van der Waals surface area contributed by atoms with E-state index in [1.54, 1.807) is 6.08 Å². The Kier molecular flexibility index (Phi) is 5.45. The molecule has 0 radical (unpaired) electrons. The molecular formula is C22H26Cl2N2O2. The van der Waals surface area contributed by atoms with E-state index in [2.05, 4.69) is 6.92 Å². The molecule has 6 heteroatoms. The van der Waals surface area contributed by atoms with Gasteiger partial charge >= 0.3 is 0 Å². The summed E-state index contributed by atoms with van der Waals surface area (Å²) in [4.78, 5) is 14.2. The van der Waals surface area contributed by atoms with Crippen LogP contribution in [0.15, 0.2) is 12.1 Å². The van der Waals surface area contributed by atoms with Crippen molar-refractivity contribution in [2.45, 2.75) is 51.9 Å². The Hall–Kier alpha value is -1.52. The molecule has 28 heavy (non-hydrogen) atoms. The van der Waals surface area contributed by atoms with Gasteiger partial charge in [0.1, 0.15) is 23.2 Å². The summed E-state index contributed by atoms with van der Waals surface area (Å²) < 4.78 is 5.92. The van der Waals surface area contributed by atoms with Crippen LogP contribution in [0.25, 0.3) is 5.57 Å². The van der Waals surface area contributed by atoms with Gasteiger partial charge in [-0.1, -0.05) is 36.5 Å². The molecule has 0 spiro atoms. The predicted molar refractivity (Wildman–Crippen MR) is 114 cm³/mol. The number of rotatable bonds is 5. The number of ether oxygens (including phenoxy) is 1. The van der Waals surface area contributed by atoms with Gasteiger partial charge < -0.3 is 9.64 Å². The minimum Gasteiger partial charge on any atom is -0.484 e. The first kappa shape index (κ1) is 19.8. The van der Waals surface area contributed by atoms with E-state index in [1.165, 1.54) is 0 Å². The number of hydrogen-bond acceptors (Lipinski definition) is 3. The van der Waals surface area contributed by atoms with Crippen molar-refractivity contribution in [3.8, 4) is 5.75 Å². The number of amidine groups is 1. The number of nitrogens with one attached hydrogen (secondary N) is 1. The lowest BCUT2D eigenvalue weighted by Gasteiger charge is -2.33. The summed E-state index contributed by atoms with van der Waals surface area (Å²) in [6.07, 6.45) is 8.46. The molecule has 3 aliphatic rings. The third-order valence-electron chi connectivity index (χ3n) is 6.36. The van der Waals surface area contributed by atoms with Gasteiger partial charge in [-0.15, -0.1) is 0 Å². The van der Waals surface area contributed by atoms with Gasteiger partial charge in [0.15, 0.2) is 5.78 Å². The maximum absolute atomic E-state index is 12.1. The van der Waals surface area contributed by atoms with Crippen molar-refractivity contribution < 1.29 is 9.53 Å². The van der Waals surface area contributed by atoms with E-state index in [1.807, 2.05) is 11.0 Å². The number of ketones is 1. The van der Waals surface area contributed by atoms with Gasteiger partial charge in [-0.3, -0.25) is 10.2 Å². The number of fused-ring (bicyclic) bond motifs is 3. The summed E-state index contributed by atoms with van der Waals surface area (Å²) in [5.41, 5.74) is 3.07. The average molecular weight is 421 g/mol. The van der Waals surface area contributed by atoms with Crippen molar-refractivity contribution in [2.75, 3.05) is 19.7 Å². The summed E-state index contributed by atoms with van der Waals surface area (Å²) in [5.74, 6) is 1.18. The zero-order valence-corrected chi connectivity index (χ0v) is 17.8. The van der Waals surface area contributed by atoms with Crippen LogP contribution >= 0.6 is 23.2 Å². The topological polar surface area (TPSA) is 53.4 Å². The molecule has 1 saturated heterocycles. The van der Waals surface area contributed by atoms with E-state index in [0.717, 1.165) is 68.3 Å². The third kappa shape index (κ3) is 3.35. The molecule has 4 nitrogen and oxygen atoms in total. The molecule has 1 heterocycles. The Bertz CT molecular complexity index is 859. The van der Waals surface area contributed by atoms with Gasteiger partial charge in [0.05, 0.1) is 5.02 Å². The number of carbonyl (C=O) groups is 1. The Morgan fingerprint density at radius 3 is 2.75 bits per heavy atom. The molecule has 0 saturated carbocycles. The van der Waals surface area contributed by atoms with Gasteiger partial charge in [-0.05, 0) is 55.4 Å². The number of halogens is 2. The summed E-state index contributed by atoms with van der Waals surface area (Å²) in [6.45, 7) is 4.21. The van der Waals surface area contributed by atoms with Gasteiger partial charge in [-0.25, -0.2) is 0 Å². The molecule has 0 bridgehead atoms. The minimum atomic E-state index is -0.0150. The van der Waals surface area contributed by atoms with Crippen LogP contribution in [0.5, 0.6) is 5.75 Å². The SMILES string of the molecule is CCCC12CCC(=O)C=C1c1c(cc(OCC(=N)N3CCCC3)c(Cl)c1Cl)C2. The Labute approximate surface area is 176 Å². The fraction of sp³-hybridized carbons (Fsp3) is 0.545. The number of nitrogens with zero attached hydrogens (tertiary/aromatic N) is 1. The molecule has 1 fully saturated rings. The summed E-state index contributed by atoms with van der Waals surface area (Å²) in [7, 11) is 0. The van der Waals surface area contributed by atoms with Crippen LogP contribution in [0.2, 0.25) is 10.0 Å². The van der Waals surface area contributed by atoms with E-state index in [-0.39, 0.29) is 17.8 Å². The Balaban J connectivity index is 1.63. The highest BCUT2D eigenvalue weighted by Gasteiger charge is 2.45. The zero-order valence-electron chi connectivity index (χ0n) is 16.2. The van der Waals surface area contributed by atoms with Crippen molar-refractivity contribution in [1.82, 2.24) is 4.90 Å². The quantitative estimate of drug-likeness (QED) is 0.502. The van der Waals surface area contributed by atoms with Gasteiger partial charge in [0.25, 0.3) is 0 Å². The van der Waals surface area contributed by atoms with E-state index in [0.29, 0.717) is 28.1 Å². The molecule has 1 unspecified atom stereocenters. The van der Waals surface area contributed by atoms with Crippen molar-refractivity contribution in [2.24, 2.45) is 5.41 Å². The van der Waals surface area contributed by atoms with Gasteiger partial charge in [-0.2, -0.15) is 0 Å². The molecule has 0 amide bonds. The maximum Gasteiger partial charge on any atom is 0.156 e.